The highest BCUT2D eigenvalue weighted by molar-refractivity contribution is 6.30. The molecule has 1 atom stereocenters. The van der Waals surface area contributed by atoms with Crippen LogP contribution >= 0.6 is 11.6 Å². The highest BCUT2D eigenvalue weighted by atomic mass is 35.5. The first-order chi connectivity index (χ1) is 8.99. The van der Waals surface area contributed by atoms with Crippen LogP contribution in [0.2, 0.25) is 5.02 Å². The lowest BCUT2D eigenvalue weighted by molar-refractivity contribution is -0.384. The molecule has 6 nitrogen and oxygen atoms in total. The number of hydrogen-bond donors (Lipinski definition) is 1. The molecule has 0 bridgehead atoms. The zero-order valence-corrected chi connectivity index (χ0v) is 11.3. The molecular formula is C12H13ClN4O2. The summed E-state index contributed by atoms with van der Waals surface area (Å²) in [7, 11) is 1.87. The zero-order valence-electron chi connectivity index (χ0n) is 10.5. The van der Waals surface area contributed by atoms with Crippen LogP contribution in [0.1, 0.15) is 18.8 Å². The van der Waals surface area contributed by atoms with Crippen molar-refractivity contribution in [2.45, 2.75) is 13.0 Å². The van der Waals surface area contributed by atoms with Gasteiger partial charge in [-0.1, -0.05) is 11.6 Å². The Morgan fingerprint density at radius 2 is 2.26 bits per heavy atom. The van der Waals surface area contributed by atoms with Crippen LogP contribution in [0.3, 0.4) is 0 Å². The van der Waals surface area contributed by atoms with Crippen LogP contribution in [0.15, 0.2) is 30.6 Å². The van der Waals surface area contributed by atoms with E-state index in [1.54, 1.807) is 18.3 Å². The summed E-state index contributed by atoms with van der Waals surface area (Å²) in [5, 5.41) is 14.4. The normalized spacial score (nSPS) is 12.2. The van der Waals surface area contributed by atoms with Gasteiger partial charge in [0.1, 0.15) is 11.5 Å². The van der Waals surface area contributed by atoms with Crippen LogP contribution in [-0.2, 0) is 7.05 Å². The molecule has 7 heteroatoms. The fourth-order valence-corrected chi connectivity index (χ4v) is 2.04. The quantitative estimate of drug-likeness (QED) is 0.690. The summed E-state index contributed by atoms with van der Waals surface area (Å²) in [5.74, 6) is 0.796. The second kappa shape index (κ2) is 5.27. The van der Waals surface area contributed by atoms with Gasteiger partial charge in [-0.3, -0.25) is 10.1 Å². The number of nitro groups is 1. The summed E-state index contributed by atoms with van der Waals surface area (Å²) in [6, 6.07) is 4.39. The van der Waals surface area contributed by atoms with Gasteiger partial charge in [0.15, 0.2) is 0 Å². The monoisotopic (exact) mass is 280 g/mol. The summed E-state index contributed by atoms with van der Waals surface area (Å²) in [5.41, 5.74) is 0.374. The maximum absolute atomic E-state index is 11.0. The molecule has 1 aromatic carbocycles. The van der Waals surface area contributed by atoms with Crippen molar-refractivity contribution in [2.24, 2.45) is 7.05 Å². The van der Waals surface area contributed by atoms with Crippen LogP contribution < -0.4 is 5.32 Å². The first-order valence-corrected chi connectivity index (χ1v) is 6.04. The third-order valence-corrected chi connectivity index (χ3v) is 3.01. The Kier molecular flexibility index (Phi) is 3.71. The molecule has 0 aliphatic heterocycles. The molecule has 1 unspecified atom stereocenters. The Morgan fingerprint density at radius 3 is 2.84 bits per heavy atom. The molecule has 100 valence electrons. The second-order valence-electron chi connectivity index (χ2n) is 4.18. The average Bonchev–Trinajstić information content (AvgIpc) is 2.77. The number of halogens is 1. The number of aryl methyl sites for hydroxylation is 1. The minimum Gasteiger partial charge on any atom is -0.370 e. The molecule has 19 heavy (non-hydrogen) atoms. The molecule has 0 saturated carbocycles. The number of aromatic nitrogens is 2. The number of rotatable bonds is 4. The molecule has 0 spiro atoms. The van der Waals surface area contributed by atoms with Crippen LogP contribution in [0.25, 0.3) is 0 Å². The maximum atomic E-state index is 11.0. The van der Waals surface area contributed by atoms with Gasteiger partial charge in [0.05, 0.1) is 11.0 Å². The van der Waals surface area contributed by atoms with Crippen molar-refractivity contribution >= 4 is 23.0 Å². The SMILES string of the molecule is CC(Nc1ccc(Cl)cc1[N+](=O)[O-])c1nccn1C. The number of anilines is 1. The number of nitro benzene ring substituents is 1. The highest BCUT2D eigenvalue weighted by Gasteiger charge is 2.18. The number of nitrogens with one attached hydrogen (secondary N) is 1. The van der Waals surface area contributed by atoms with Gasteiger partial charge in [-0.2, -0.15) is 0 Å². The number of imidazole rings is 1. The second-order valence-corrected chi connectivity index (χ2v) is 4.62. The van der Waals surface area contributed by atoms with E-state index in [0.717, 1.165) is 5.82 Å². The number of nitrogens with zero attached hydrogens (tertiary/aromatic N) is 3. The minimum absolute atomic E-state index is 0.0476. The first kappa shape index (κ1) is 13.4. The van der Waals surface area contributed by atoms with E-state index < -0.39 is 4.92 Å². The van der Waals surface area contributed by atoms with Gasteiger partial charge < -0.3 is 9.88 Å². The molecular weight excluding hydrogens is 268 g/mol. The molecule has 0 aliphatic rings. The Hall–Kier alpha value is -2.08. The lowest BCUT2D eigenvalue weighted by Crippen LogP contribution is -2.12. The van der Waals surface area contributed by atoms with Crippen molar-refractivity contribution < 1.29 is 4.92 Å². The van der Waals surface area contributed by atoms with Crippen molar-refractivity contribution in [3.8, 4) is 0 Å². The molecule has 0 saturated heterocycles. The minimum atomic E-state index is -0.459. The van der Waals surface area contributed by atoms with E-state index in [1.807, 2.05) is 24.7 Å². The molecule has 0 amide bonds. The van der Waals surface area contributed by atoms with E-state index in [4.69, 9.17) is 11.6 Å². The van der Waals surface area contributed by atoms with Gasteiger partial charge in [0.2, 0.25) is 0 Å². The molecule has 0 aliphatic carbocycles. The Labute approximate surface area is 115 Å². The standard InChI is InChI=1S/C12H13ClN4O2/c1-8(12-14-5-6-16(12)2)15-10-4-3-9(13)7-11(10)17(18)19/h3-8,15H,1-2H3. The zero-order chi connectivity index (χ0) is 14.0. The number of benzene rings is 1. The third-order valence-electron chi connectivity index (χ3n) is 2.77. The van der Waals surface area contributed by atoms with E-state index >= 15 is 0 Å². The molecule has 1 aromatic heterocycles. The van der Waals surface area contributed by atoms with Gasteiger partial charge in [-0.05, 0) is 19.1 Å². The third kappa shape index (κ3) is 2.85. The largest absolute Gasteiger partial charge is 0.370 e. The van der Waals surface area contributed by atoms with Crippen LogP contribution in [0.5, 0.6) is 0 Å². The molecule has 2 aromatic rings. The summed E-state index contributed by atoms with van der Waals surface area (Å²) < 4.78 is 1.86. The number of hydrogen-bond acceptors (Lipinski definition) is 4. The topological polar surface area (TPSA) is 73.0 Å². The van der Waals surface area contributed by atoms with Gasteiger partial charge in [-0.15, -0.1) is 0 Å². The van der Waals surface area contributed by atoms with E-state index in [1.165, 1.54) is 6.07 Å². The van der Waals surface area contributed by atoms with Crippen LogP contribution in [0, 0.1) is 10.1 Å². The lowest BCUT2D eigenvalue weighted by Gasteiger charge is -2.15. The van der Waals surface area contributed by atoms with Gasteiger partial charge in [0, 0.05) is 30.5 Å². The molecule has 0 radical (unpaired) electrons. The van der Waals surface area contributed by atoms with Crippen molar-refractivity contribution in [3.05, 3.63) is 51.6 Å². The first-order valence-electron chi connectivity index (χ1n) is 5.66. The van der Waals surface area contributed by atoms with Gasteiger partial charge in [-0.25, -0.2) is 4.98 Å². The maximum Gasteiger partial charge on any atom is 0.293 e. The van der Waals surface area contributed by atoms with Crippen molar-refractivity contribution in [3.63, 3.8) is 0 Å². The van der Waals surface area contributed by atoms with E-state index in [9.17, 15) is 10.1 Å². The molecule has 2 rings (SSSR count). The lowest BCUT2D eigenvalue weighted by atomic mass is 10.2. The summed E-state index contributed by atoms with van der Waals surface area (Å²) in [6.45, 7) is 1.89. The highest BCUT2D eigenvalue weighted by Crippen LogP contribution is 2.30. The Bertz CT molecular complexity index is 612. The predicted molar refractivity (Wildman–Crippen MR) is 73.4 cm³/mol. The molecule has 1 N–H and O–H groups in total. The van der Waals surface area contributed by atoms with E-state index in [-0.39, 0.29) is 11.7 Å². The van der Waals surface area contributed by atoms with Gasteiger partial charge in [0.25, 0.3) is 5.69 Å². The van der Waals surface area contributed by atoms with Crippen LogP contribution in [0.4, 0.5) is 11.4 Å². The predicted octanol–water partition coefficient (Wildman–Crippen LogP) is 3.15. The van der Waals surface area contributed by atoms with Crippen molar-refractivity contribution in [1.82, 2.24) is 9.55 Å². The summed E-state index contributed by atoms with van der Waals surface area (Å²) in [6.07, 6.45) is 3.51. The average molecular weight is 281 g/mol. The Balaban J connectivity index is 2.29. The summed E-state index contributed by atoms with van der Waals surface area (Å²) in [4.78, 5) is 14.7. The van der Waals surface area contributed by atoms with Crippen molar-refractivity contribution in [2.75, 3.05) is 5.32 Å². The summed E-state index contributed by atoms with van der Waals surface area (Å²) >= 11 is 5.77. The van der Waals surface area contributed by atoms with Crippen molar-refractivity contribution in [1.29, 1.82) is 0 Å². The van der Waals surface area contributed by atoms with Gasteiger partial charge >= 0.3 is 0 Å². The van der Waals surface area contributed by atoms with E-state index in [2.05, 4.69) is 10.3 Å². The van der Waals surface area contributed by atoms with E-state index in [0.29, 0.717) is 10.7 Å². The van der Waals surface area contributed by atoms with Crippen LogP contribution in [-0.4, -0.2) is 14.5 Å². The molecule has 1 heterocycles. The Morgan fingerprint density at radius 1 is 1.53 bits per heavy atom. The molecule has 0 fully saturated rings. The fourth-order valence-electron chi connectivity index (χ4n) is 1.87. The smallest absolute Gasteiger partial charge is 0.293 e. The fraction of sp³-hybridized carbons (Fsp3) is 0.250.